The molecule has 1 aliphatic rings. The van der Waals surface area contributed by atoms with Crippen LogP contribution in [0.1, 0.15) is 44.2 Å². The first-order valence-electron chi connectivity index (χ1n) is 11.4. The highest BCUT2D eigenvalue weighted by molar-refractivity contribution is 6.31. The van der Waals surface area contributed by atoms with Crippen LogP contribution >= 0.6 is 23.2 Å². The van der Waals surface area contributed by atoms with E-state index in [9.17, 15) is 28.3 Å². The topological polar surface area (TPSA) is 120 Å². The van der Waals surface area contributed by atoms with Crippen molar-refractivity contribution in [3.8, 4) is 11.8 Å². The van der Waals surface area contributed by atoms with E-state index in [0.717, 1.165) is 0 Å². The number of halogens is 6. The fraction of sp³-hybridized carbons (Fsp3) is 0.423. The average molecular weight is 593 g/mol. The standard InChI is InChI=1S/C24H25Cl2FN2O3.C2HF3O2/c1-23(2,3)11-18-24(12-28,15-9-8-13(25)10-17(15)32-4)19(21(29-18)22(30)31)14-6-5-7-16(26)20(14)27;3-2(4,5)1(6)7/h5-10,18-19,21,29H,11H2,1-4H3,(H,30,31);(H,6,7)/t18-,19-,21-,24-;/m0./s1. The van der Waals surface area contributed by atoms with E-state index in [1.165, 1.54) is 19.2 Å². The molecule has 13 heteroatoms. The van der Waals surface area contributed by atoms with E-state index in [0.29, 0.717) is 22.8 Å². The highest BCUT2D eigenvalue weighted by Gasteiger charge is 2.61. The van der Waals surface area contributed by atoms with Crippen LogP contribution in [0.15, 0.2) is 36.4 Å². The van der Waals surface area contributed by atoms with Crippen molar-refractivity contribution in [2.45, 2.75) is 56.8 Å². The zero-order chi connectivity index (χ0) is 29.9. The molecule has 2 aromatic rings. The molecule has 2 aromatic carbocycles. The molecule has 1 aliphatic heterocycles. The molecule has 1 saturated heterocycles. The third-order valence-electron chi connectivity index (χ3n) is 6.19. The number of alkyl halides is 3. The second-order valence-corrected chi connectivity index (χ2v) is 10.9. The van der Waals surface area contributed by atoms with E-state index in [2.05, 4.69) is 11.4 Å². The number of hydrogen-bond acceptors (Lipinski definition) is 5. The van der Waals surface area contributed by atoms with Crippen LogP contribution in [0, 0.1) is 22.6 Å². The first kappa shape index (κ1) is 32.1. The molecule has 39 heavy (non-hydrogen) atoms. The Morgan fingerprint density at radius 3 is 2.21 bits per heavy atom. The Balaban J connectivity index is 0.000000673. The van der Waals surface area contributed by atoms with Crippen molar-refractivity contribution in [2.24, 2.45) is 5.41 Å². The van der Waals surface area contributed by atoms with Crippen molar-refractivity contribution in [2.75, 3.05) is 7.11 Å². The summed E-state index contributed by atoms with van der Waals surface area (Å²) in [7, 11) is 1.45. The molecule has 0 spiro atoms. The Bertz CT molecular complexity index is 1280. The van der Waals surface area contributed by atoms with Crippen molar-refractivity contribution < 1.29 is 42.1 Å². The van der Waals surface area contributed by atoms with E-state index in [4.69, 9.17) is 37.8 Å². The first-order valence-corrected chi connectivity index (χ1v) is 12.1. The molecule has 4 atom stereocenters. The maximum Gasteiger partial charge on any atom is 0.490 e. The summed E-state index contributed by atoms with van der Waals surface area (Å²) in [4.78, 5) is 21.3. The van der Waals surface area contributed by atoms with Gasteiger partial charge in [-0.15, -0.1) is 0 Å². The molecule has 0 saturated carbocycles. The molecule has 0 unspecified atom stereocenters. The highest BCUT2D eigenvalue weighted by atomic mass is 35.5. The number of nitrogens with one attached hydrogen (secondary N) is 1. The molecular formula is C26H26Cl2F4N2O5. The molecular weight excluding hydrogens is 567 g/mol. The van der Waals surface area contributed by atoms with Crippen molar-refractivity contribution >= 4 is 35.1 Å². The number of nitriles is 1. The predicted octanol–water partition coefficient (Wildman–Crippen LogP) is 6.18. The molecule has 0 radical (unpaired) electrons. The van der Waals surface area contributed by atoms with Crippen molar-refractivity contribution in [3.05, 3.63) is 63.4 Å². The van der Waals surface area contributed by atoms with Gasteiger partial charge in [0.05, 0.1) is 18.2 Å². The number of hydrogen-bond donors (Lipinski definition) is 3. The Kier molecular flexibility index (Phi) is 9.88. The van der Waals surface area contributed by atoms with Gasteiger partial charge in [0.2, 0.25) is 0 Å². The molecule has 212 valence electrons. The lowest BCUT2D eigenvalue weighted by molar-refractivity contribution is -0.192. The molecule has 0 bridgehead atoms. The zero-order valence-electron chi connectivity index (χ0n) is 21.2. The smallest absolute Gasteiger partial charge is 0.490 e. The molecule has 0 amide bonds. The van der Waals surface area contributed by atoms with Gasteiger partial charge in [-0.2, -0.15) is 18.4 Å². The maximum atomic E-state index is 15.3. The monoisotopic (exact) mass is 592 g/mol. The molecule has 0 aromatic heterocycles. The third kappa shape index (κ3) is 6.93. The number of ether oxygens (including phenoxy) is 1. The Labute approximate surface area is 232 Å². The summed E-state index contributed by atoms with van der Waals surface area (Å²) in [5, 5.41) is 31.3. The summed E-state index contributed by atoms with van der Waals surface area (Å²) < 4.78 is 52.6. The van der Waals surface area contributed by atoms with E-state index in [1.54, 1.807) is 24.3 Å². The lowest BCUT2D eigenvalue weighted by atomic mass is 9.62. The number of aliphatic carboxylic acids is 2. The largest absolute Gasteiger partial charge is 0.496 e. The lowest BCUT2D eigenvalue weighted by Crippen LogP contribution is -2.44. The first-order chi connectivity index (χ1) is 17.9. The second kappa shape index (κ2) is 12.0. The van der Waals surface area contributed by atoms with Crippen LogP contribution in [-0.4, -0.2) is 47.5 Å². The number of rotatable bonds is 5. The average Bonchev–Trinajstić information content (AvgIpc) is 3.13. The Morgan fingerprint density at radius 2 is 1.74 bits per heavy atom. The Morgan fingerprint density at radius 1 is 1.15 bits per heavy atom. The van der Waals surface area contributed by atoms with Gasteiger partial charge in [0.25, 0.3) is 0 Å². The van der Waals surface area contributed by atoms with Crippen LogP contribution < -0.4 is 10.1 Å². The number of carboxylic acids is 2. The number of carboxylic acid groups (broad SMARTS) is 2. The summed E-state index contributed by atoms with van der Waals surface area (Å²) in [6.45, 7) is 6.00. The van der Waals surface area contributed by atoms with Crippen LogP contribution in [0.4, 0.5) is 17.6 Å². The van der Waals surface area contributed by atoms with Crippen molar-refractivity contribution in [3.63, 3.8) is 0 Å². The second-order valence-electron chi connectivity index (χ2n) is 10.0. The van der Waals surface area contributed by atoms with Gasteiger partial charge in [-0.25, -0.2) is 9.18 Å². The fourth-order valence-electron chi connectivity index (χ4n) is 4.73. The normalized spacial score (nSPS) is 22.8. The van der Waals surface area contributed by atoms with E-state index < -0.39 is 47.3 Å². The molecule has 3 rings (SSSR count). The van der Waals surface area contributed by atoms with Crippen molar-refractivity contribution in [1.29, 1.82) is 5.26 Å². The van der Waals surface area contributed by atoms with Gasteiger partial charge in [0, 0.05) is 22.5 Å². The lowest BCUT2D eigenvalue weighted by Gasteiger charge is -2.38. The van der Waals surface area contributed by atoms with Gasteiger partial charge in [0.1, 0.15) is 23.0 Å². The molecule has 0 aliphatic carbocycles. The van der Waals surface area contributed by atoms with E-state index in [1.807, 2.05) is 20.8 Å². The third-order valence-corrected chi connectivity index (χ3v) is 6.72. The van der Waals surface area contributed by atoms with E-state index >= 15 is 4.39 Å². The SMILES string of the molecule is COc1cc(Cl)ccc1[C@@]1(C#N)[C@H](CC(C)(C)C)N[C@H](C(=O)O)[C@@H]1c1cccc(Cl)c1F.O=C(O)C(F)(F)F. The molecule has 7 nitrogen and oxygen atoms in total. The predicted molar refractivity (Wildman–Crippen MR) is 136 cm³/mol. The zero-order valence-corrected chi connectivity index (χ0v) is 22.7. The highest BCUT2D eigenvalue weighted by Crippen LogP contribution is 2.54. The summed E-state index contributed by atoms with van der Waals surface area (Å²) in [6, 6.07) is 9.81. The summed E-state index contributed by atoms with van der Waals surface area (Å²) in [5.74, 6) is -5.42. The van der Waals surface area contributed by atoms with Crippen molar-refractivity contribution in [1.82, 2.24) is 5.32 Å². The van der Waals surface area contributed by atoms with Crippen LogP contribution in [0.25, 0.3) is 0 Å². The van der Waals surface area contributed by atoms with Gasteiger partial charge in [-0.05, 0) is 35.6 Å². The van der Waals surface area contributed by atoms with Crippen LogP contribution in [-0.2, 0) is 15.0 Å². The van der Waals surface area contributed by atoms with Crippen LogP contribution in [0.5, 0.6) is 5.75 Å². The molecule has 1 heterocycles. The number of benzene rings is 2. The number of carbonyl (C=O) groups is 2. The van der Waals surface area contributed by atoms with Crippen LogP contribution in [0.2, 0.25) is 10.0 Å². The minimum Gasteiger partial charge on any atom is -0.496 e. The quantitative estimate of drug-likeness (QED) is 0.354. The summed E-state index contributed by atoms with van der Waals surface area (Å²) in [6.07, 6.45) is -4.63. The molecule has 1 fully saturated rings. The van der Waals surface area contributed by atoms with Gasteiger partial charge >= 0.3 is 18.1 Å². The van der Waals surface area contributed by atoms with Gasteiger partial charge < -0.3 is 14.9 Å². The number of nitrogens with zero attached hydrogens (tertiary/aromatic N) is 1. The Hall–Kier alpha value is -3.07. The van der Waals surface area contributed by atoms with Crippen LogP contribution in [0.3, 0.4) is 0 Å². The van der Waals surface area contributed by atoms with Gasteiger partial charge in [-0.1, -0.05) is 62.2 Å². The maximum absolute atomic E-state index is 15.3. The van der Waals surface area contributed by atoms with E-state index in [-0.39, 0.29) is 16.0 Å². The number of methoxy groups -OCH3 is 1. The minimum atomic E-state index is -5.08. The summed E-state index contributed by atoms with van der Waals surface area (Å²) >= 11 is 12.2. The summed E-state index contributed by atoms with van der Waals surface area (Å²) in [5.41, 5.74) is -1.23. The van der Waals surface area contributed by atoms with Gasteiger partial charge in [-0.3, -0.25) is 10.1 Å². The minimum absolute atomic E-state index is 0.0624. The fourth-order valence-corrected chi connectivity index (χ4v) is 5.07. The van der Waals surface area contributed by atoms with Gasteiger partial charge in [0.15, 0.2) is 0 Å². The molecule has 3 N–H and O–H groups in total.